The summed E-state index contributed by atoms with van der Waals surface area (Å²) in [5.41, 5.74) is 4.01. The quantitative estimate of drug-likeness (QED) is 0.829. The van der Waals surface area contributed by atoms with Gasteiger partial charge in [-0.15, -0.1) is 0 Å². The minimum atomic E-state index is -0.676. The maximum absolute atomic E-state index is 11.0. The van der Waals surface area contributed by atoms with Gasteiger partial charge < -0.3 is 5.11 Å². The van der Waals surface area contributed by atoms with Gasteiger partial charge in [0.2, 0.25) is 0 Å². The van der Waals surface area contributed by atoms with Gasteiger partial charge >= 0.3 is 5.97 Å². The predicted octanol–water partition coefficient (Wildman–Crippen LogP) is 3.78. The Labute approximate surface area is 109 Å². The van der Waals surface area contributed by atoms with Gasteiger partial charge in [0.15, 0.2) is 0 Å². The number of hydrogen-bond donors (Lipinski definition) is 1. The minimum absolute atomic E-state index is 0.221. The summed E-state index contributed by atoms with van der Waals surface area (Å²) in [7, 11) is 0. The average Bonchev–Trinajstić information content (AvgIpc) is 3.19. The van der Waals surface area contributed by atoms with Gasteiger partial charge in [0.05, 0.1) is 6.42 Å². The zero-order chi connectivity index (χ0) is 13.1. The molecule has 1 aliphatic carbocycles. The van der Waals surface area contributed by atoms with Crippen LogP contribution in [0, 0.1) is 5.92 Å². The summed E-state index contributed by atoms with van der Waals surface area (Å²) in [6.45, 7) is 4.34. The lowest BCUT2D eigenvalue weighted by Gasteiger charge is -2.17. The molecule has 1 saturated carbocycles. The molecule has 0 heterocycles. The molecular weight excluding hydrogens is 224 g/mol. The van der Waals surface area contributed by atoms with Crippen LogP contribution in [0.2, 0.25) is 0 Å². The van der Waals surface area contributed by atoms with Crippen molar-refractivity contribution in [3.05, 3.63) is 34.9 Å². The fourth-order valence-electron chi connectivity index (χ4n) is 2.79. The van der Waals surface area contributed by atoms with Gasteiger partial charge in [-0.3, -0.25) is 4.79 Å². The predicted molar refractivity (Wildman–Crippen MR) is 72.9 cm³/mol. The molecule has 2 nitrogen and oxygen atoms in total. The fraction of sp³-hybridized carbons (Fsp3) is 0.562. The highest BCUT2D eigenvalue weighted by Gasteiger charge is 2.33. The molecule has 0 spiro atoms. The van der Waals surface area contributed by atoms with Crippen molar-refractivity contribution in [2.75, 3.05) is 0 Å². The SMILES string of the molecule is CCc1ccc(C(CC(=O)O)C2CC2)cc1CC. The van der Waals surface area contributed by atoms with Crippen LogP contribution in [-0.4, -0.2) is 11.1 Å². The molecule has 0 saturated heterocycles. The standard InChI is InChI=1S/C16H22O2/c1-3-11-5-8-14(9-12(11)4-2)15(10-16(17)18)13-6-7-13/h5,8-9,13,15H,3-4,6-7,10H2,1-2H3,(H,17,18). The lowest BCUT2D eigenvalue weighted by Crippen LogP contribution is -2.09. The zero-order valence-corrected chi connectivity index (χ0v) is 11.3. The Kier molecular flexibility index (Phi) is 4.05. The molecule has 98 valence electrons. The lowest BCUT2D eigenvalue weighted by molar-refractivity contribution is -0.137. The third-order valence-corrected chi connectivity index (χ3v) is 4.01. The van der Waals surface area contributed by atoms with Crippen molar-refractivity contribution >= 4 is 5.97 Å². The van der Waals surface area contributed by atoms with Crippen LogP contribution < -0.4 is 0 Å². The number of aliphatic carboxylic acids is 1. The first kappa shape index (κ1) is 13.1. The molecule has 0 amide bonds. The van der Waals surface area contributed by atoms with Crippen LogP contribution in [0.15, 0.2) is 18.2 Å². The van der Waals surface area contributed by atoms with Gasteiger partial charge in [-0.25, -0.2) is 0 Å². The highest BCUT2D eigenvalue weighted by Crippen LogP contribution is 2.44. The second-order valence-corrected chi connectivity index (χ2v) is 5.28. The number of benzene rings is 1. The molecule has 1 aromatic rings. The average molecular weight is 246 g/mol. The maximum atomic E-state index is 11.0. The summed E-state index contributed by atoms with van der Waals surface area (Å²) in [6, 6.07) is 6.57. The lowest BCUT2D eigenvalue weighted by atomic mass is 9.88. The van der Waals surface area contributed by atoms with Crippen LogP contribution in [-0.2, 0) is 17.6 Å². The second kappa shape index (κ2) is 5.55. The van der Waals surface area contributed by atoms with E-state index in [9.17, 15) is 4.79 Å². The van der Waals surface area contributed by atoms with E-state index in [1.165, 1.54) is 29.5 Å². The molecule has 18 heavy (non-hydrogen) atoms. The van der Waals surface area contributed by atoms with E-state index in [4.69, 9.17) is 5.11 Å². The van der Waals surface area contributed by atoms with Crippen molar-refractivity contribution < 1.29 is 9.90 Å². The molecule has 1 fully saturated rings. The highest BCUT2D eigenvalue weighted by atomic mass is 16.4. The molecule has 1 aromatic carbocycles. The van der Waals surface area contributed by atoms with Crippen molar-refractivity contribution in [3.8, 4) is 0 Å². The third kappa shape index (κ3) is 2.92. The zero-order valence-electron chi connectivity index (χ0n) is 11.3. The number of carboxylic acid groups (broad SMARTS) is 1. The van der Waals surface area contributed by atoms with E-state index in [0.717, 1.165) is 12.8 Å². The Morgan fingerprint density at radius 2 is 1.94 bits per heavy atom. The number of carboxylic acids is 1. The van der Waals surface area contributed by atoms with Crippen LogP contribution in [0.4, 0.5) is 0 Å². The largest absolute Gasteiger partial charge is 0.481 e. The monoisotopic (exact) mass is 246 g/mol. The van der Waals surface area contributed by atoms with E-state index >= 15 is 0 Å². The molecule has 0 aliphatic heterocycles. The van der Waals surface area contributed by atoms with E-state index in [-0.39, 0.29) is 12.3 Å². The molecule has 0 aromatic heterocycles. The van der Waals surface area contributed by atoms with Gasteiger partial charge in [-0.05, 0) is 54.2 Å². The third-order valence-electron chi connectivity index (χ3n) is 4.01. The number of rotatable bonds is 6. The molecule has 0 bridgehead atoms. The van der Waals surface area contributed by atoms with Crippen molar-refractivity contribution in [1.82, 2.24) is 0 Å². The van der Waals surface area contributed by atoms with E-state index < -0.39 is 5.97 Å². The number of aryl methyl sites for hydroxylation is 2. The van der Waals surface area contributed by atoms with E-state index in [2.05, 4.69) is 32.0 Å². The van der Waals surface area contributed by atoms with E-state index in [1.807, 2.05) is 0 Å². The Balaban J connectivity index is 2.26. The Bertz CT molecular complexity index is 433. The normalized spacial score (nSPS) is 16.6. The molecule has 2 rings (SSSR count). The Morgan fingerprint density at radius 1 is 1.28 bits per heavy atom. The van der Waals surface area contributed by atoms with Gasteiger partial charge in [0.1, 0.15) is 0 Å². The molecule has 1 atom stereocenters. The summed E-state index contributed by atoms with van der Waals surface area (Å²) in [4.78, 5) is 11.0. The molecule has 0 radical (unpaired) electrons. The van der Waals surface area contributed by atoms with Crippen molar-refractivity contribution in [3.63, 3.8) is 0 Å². The molecule has 1 unspecified atom stereocenters. The van der Waals surface area contributed by atoms with Crippen LogP contribution in [0.25, 0.3) is 0 Å². The van der Waals surface area contributed by atoms with Gasteiger partial charge in [-0.1, -0.05) is 32.0 Å². The van der Waals surface area contributed by atoms with Gasteiger partial charge in [0.25, 0.3) is 0 Å². The first-order valence-corrected chi connectivity index (χ1v) is 6.99. The number of carbonyl (C=O) groups is 1. The van der Waals surface area contributed by atoms with E-state index in [1.54, 1.807) is 0 Å². The van der Waals surface area contributed by atoms with Gasteiger partial charge in [-0.2, -0.15) is 0 Å². The van der Waals surface area contributed by atoms with Crippen molar-refractivity contribution in [1.29, 1.82) is 0 Å². The number of hydrogen-bond acceptors (Lipinski definition) is 1. The van der Waals surface area contributed by atoms with Crippen molar-refractivity contribution in [2.45, 2.75) is 51.9 Å². The van der Waals surface area contributed by atoms with Crippen LogP contribution in [0.3, 0.4) is 0 Å². The fourth-order valence-corrected chi connectivity index (χ4v) is 2.79. The smallest absolute Gasteiger partial charge is 0.303 e. The maximum Gasteiger partial charge on any atom is 0.303 e. The summed E-state index contributed by atoms with van der Waals surface area (Å²) < 4.78 is 0. The highest BCUT2D eigenvalue weighted by molar-refractivity contribution is 5.68. The van der Waals surface area contributed by atoms with Crippen LogP contribution in [0.1, 0.15) is 55.7 Å². The first-order valence-electron chi connectivity index (χ1n) is 6.99. The topological polar surface area (TPSA) is 37.3 Å². The van der Waals surface area contributed by atoms with E-state index in [0.29, 0.717) is 5.92 Å². The summed E-state index contributed by atoms with van der Waals surface area (Å²) in [5.74, 6) is 0.140. The molecule has 2 heteroatoms. The summed E-state index contributed by atoms with van der Waals surface area (Å²) >= 11 is 0. The minimum Gasteiger partial charge on any atom is -0.481 e. The van der Waals surface area contributed by atoms with Crippen LogP contribution in [0.5, 0.6) is 0 Å². The summed E-state index contributed by atoms with van der Waals surface area (Å²) in [5, 5.41) is 9.05. The molecule has 1 N–H and O–H groups in total. The van der Waals surface area contributed by atoms with Crippen molar-refractivity contribution in [2.24, 2.45) is 5.92 Å². The second-order valence-electron chi connectivity index (χ2n) is 5.28. The first-order chi connectivity index (χ1) is 8.65. The Hall–Kier alpha value is -1.31. The Morgan fingerprint density at radius 3 is 2.44 bits per heavy atom. The summed E-state index contributed by atoms with van der Waals surface area (Å²) in [6.07, 6.45) is 4.74. The van der Waals surface area contributed by atoms with Crippen LogP contribution >= 0.6 is 0 Å². The molecule has 1 aliphatic rings. The molecular formula is C16H22O2. The van der Waals surface area contributed by atoms with Gasteiger partial charge in [0, 0.05) is 0 Å².